The van der Waals surface area contributed by atoms with Crippen LogP contribution in [-0.2, 0) is 0 Å². The van der Waals surface area contributed by atoms with E-state index in [-0.39, 0.29) is 5.54 Å². The van der Waals surface area contributed by atoms with E-state index in [1.807, 2.05) is 6.92 Å². The number of hydrogen-bond donors (Lipinski definition) is 1. The molecule has 1 aliphatic carbocycles. The van der Waals surface area contributed by atoms with Crippen LogP contribution in [0.25, 0.3) is 0 Å². The summed E-state index contributed by atoms with van der Waals surface area (Å²) in [5, 5.41) is 13.5. The third-order valence-electron chi connectivity index (χ3n) is 3.40. The third kappa shape index (κ3) is 6.33. The van der Waals surface area contributed by atoms with Gasteiger partial charge >= 0.3 is 0 Å². The molecular formula is C14H26N2S. The molecule has 2 unspecified atom stereocenters. The van der Waals surface area contributed by atoms with Gasteiger partial charge in [0.2, 0.25) is 0 Å². The molecule has 1 aliphatic rings. The lowest BCUT2D eigenvalue weighted by Crippen LogP contribution is -2.42. The van der Waals surface area contributed by atoms with Crippen molar-refractivity contribution < 1.29 is 0 Å². The zero-order valence-corrected chi connectivity index (χ0v) is 12.3. The summed E-state index contributed by atoms with van der Waals surface area (Å²) in [4.78, 5) is 0. The Labute approximate surface area is 111 Å². The third-order valence-corrected chi connectivity index (χ3v) is 4.82. The number of unbranched alkanes of at least 4 members (excludes halogenated alkanes) is 1. The van der Waals surface area contributed by atoms with Crippen LogP contribution in [0.2, 0.25) is 0 Å². The average molecular weight is 254 g/mol. The quantitative estimate of drug-likeness (QED) is 0.637. The SMILES string of the molecule is CCC(C)SCCCCC(C)(C#N)NC1CC1. The second-order valence-corrected chi connectivity index (χ2v) is 6.96. The van der Waals surface area contributed by atoms with Crippen LogP contribution >= 0.6 is 11.8 Å². The van der Waals surface area contributed by atoms with Gasteiger partial charge in [-0.05, 0) is 51.2 Å². The van der Waals surface area contributed by atoms with E-state index in [1.165, 1.54) is 31.4 Å². The highest BCUT2D eigenvalue weighted by Crippen LogP contribution is 2.25. The lowest BCUT2D eigenvalue weighted by atomic mass is 9.96. The first kappa shape index (κ1) is 14.9. The van der Waals surface area contributed by atoms with Crippen molar-refractivity contribution in [3.8, 4) is 6.07 Å². The Morgan fingerprint density at radius 2 is 2.18 bits per heavy atom. The molecule has 0 spiro atoms. The zero-order chi connectivity index (χ0) is 12.7. The fraction of sp³-hybridized carbons (Fsp3) is 0.929. The van der Waals surface area contributed by atoms with Gasteiger partial charge in [-0.2, -0.15) is 17.0 Å². The second-order valence-electron chi connectivity index (χ2n) is 5.41. The Morgan fingerprint density at radius 1 is 1.47 bits per heavy atom. The largest absolute Gasteiger partial charge is 0.297 e. The summed E-state index contributed by atoms with van der Waals surface area (Å²) in [7, 11) is 0. The molecule has 0 radical (unpaired) electrons. The van der Waals surface area contributed by atoms with Gasteiger partial charge in [0.1, 0.15) is 5.54 Å². The molecule has 0 bridgehead atoms. The smallest absolute Gasteiger partial charge is 0.104 e. The average Bonchev–Trinajstić information content (AvgIpc) is 3.12. The van der Waals surface area contributed by atoms with Gasteiger partial charge in [0.05, 0.1) is 6.07 Å². The maximum absolute atomic E-state index is 9.23. The highest BCUT2D eigenvalue weighted by atomic mass is 32.2. The van der Waals surface area contributed by atoms with E-state index in [2.05, 4.69) is 37.0 Å². The second kappa shape index (κ2) is 7.28. The van der Waals surface area contributed by atoms with Crippen molar-refractivity contribution >= 4 is 11.8 Å². The van der Waals surface area contributed by atoms with Crippen molar-refractivity contribution in [3.63, 3.8) is 0 Å². The molecule has 2 nitrogen and oxygen atoms in total. The topological polar surface area (TPSA) is 35.8 Å². The first-order valence-electron chi connectivity index (χ1n) is 6.90. The molecule has 0 aromatic rings. The minimum Gasteiger partial charge on any atom is -0.297 e. The van der Waals surface area contributed by atoms with Crippen molar-refractivity contribution in [2.75, 3.05) is 5.75 Å². The van der Waals surface area contributed by atoms with Crippen LogP contribution in [0.15, 0.2) is 0 Å². The van der Waals surface area contributed by atoms with Crippen LogP contribution < -0.4 is 5.32 Å². The van der Waals surface area contributed by atoms with Crippen molar-refractivity contribution in [2.24, 2.45) is 0 Å². The van der Waals surface area contributed by atoms with Gasteiger partial charge in [-0.25, -0.2) is 0 Å². The Balaban J connectivity index is 2.09. The fourth-order valence-corrected chi connectivity index (χ4v) is 2.83. The van der Waals surface area contributed by atoms with E-state index in [1.54, 1.807) is 0 Å². The molecule has 0 saturated heterocycles. The highest BCUT2D eigenvalue weighted by molar-refractivity contribution is 7.99. The van der Waals surface area contributed by atoms with Gasteiger partial charge < -0.3 is 0 Å². The van der Waals surface area contributed by atoms with Gasteiger partial charge in [-0.15, -0.1) is 0 Å². The van der Waals surface area contributed by atoms with Crippen molar-refractivity contribution in [2.45, 2.75) is 76.1 Å². The first-order chi connectivity index (χ1) is 8.09. The molecule has 0 aromatic heterocycles. The molecule has 0 aromatic carbocycles. The Kier molecular flexibility index (Phi) is 6.37. The predicted molar refractivity (Wildman–Crippen MR) is 76.2 cm³/mol. The van der Waals surface area contributed by atoms with Gasteiger partial charge in [-0.1, -0.05) is 13.8 Å². The number of rotatable bonds is 9. The monoisotopic (exact) mass is 254 g/mol. The lowest BCUT2D eigenvalue weighted by Gasteiger charge is -2.23. The zero-order valence-electron chi connectivity index (χ0n) is 11.5. The summed E-state index contributed by atoms with van der Waals surface area (Å²) in [6.07, 6.45) is 7.14. The Hall–Kier alpha value is -0.200. The summed E-state index contributed by atoms with van der Waals surface area (Å²) >= 11 is 2.06. The standard InChI is InChI=1S/C14H26N2S/c1-4-12(2)17-10-6-5-9-14(3,11-15)16-13-7-8-13/h12-13,16H,4-10H2,1-3H3. The van der Waals surface area contributed by atoms with E-state index >= 15 is 0 Å². The molecular weight excluding hydrogens is 228 g/mol. The number of hydrogen-bond acceptors (Lipinski definition) is 3. The van der Waals surface area contributed by atoms with Crippen molar-refractivity contribution in [1.29, 1.82) is 5.26 Å². The van der Waals surface area contributed by atoms with Crippen LogP contribution in [0.4, 0.5) is 0 Å². The molecule has 0 aliphatic heterocycles. The van der Waals surface area contributed by atoms with Gasteiger partial charge in [0.25, 0.3) is 0 Å². The molecule has 17 heavy (non-hydrogen) atoms. The number of nitrogens with zero attached hydrogens (tertiary/aromatic N) is 1. The maximum Gasteiger partial charge on any atom is 0.104 e. The highest BCUT2D eigenvalue weighted by Gasteiger charge is 2.31. The van der Waals surface area contributed by atoms with E-state index < -0.39 is 0 Å². The minimum atomic E-state index is -0.289. The molecule has 1 saturated carbocycles. The number of nitrogens with one attached hydrogen (secondary N) is 1. The molecule has 98 valence electrons. The molecule has 3 heteroatoms. The maximum atomic E-state index is 9.23. The molecule has 0 amide bonds. The fourth-order valence-electron chi connectivity index (χ4n) is 1.82. The van der Waals surface area contributed by atoms with Crippen molar-refractivity contribution in [1.82, 2.24) is 5.32 Å². The van der Waals surface area contributed by atoms with Gasteiger partial charge in [0.15, 0.2) is 0 Å². The summed E-state index contributed by atoms with van der Waals surface area (Å²) in [6, 6.07) is 3.06. The van der Waals surface area contributed by atoms with Crippen LogP contribution in [0, 0.1) is 11.3 Å². The summed E-state index contributed by atoms with van der Waals surface area (Å²) < 4.78 is 0. The minimum absolute atomic E-state index is 0.289. The van der Waals surface area contributed by atoms with E-state index in [0.717, 1.165) is 18.1 Å². The lowest BCUT2D eigenvalue weighted by molar-refractivity contribution is 0.402. The summed E-state index contributed by atoms with van der Waals surface area (Å²) in [6.45, 7) is 6.58. The van der Waals surface area contributed by atoms with Crippen molar-refractivity contribution in [3.05, 3.63) is 0 Å². The molecule has 1 fully saturated rings. The first-order valence-corrected chi connectivity index (χ1v) is 7.95. The van der Waals surface area contributed by atoms with E-state index in [0.29, 0.717) is 6.04 Å². The summed E-state index contributed by atoms with van der Waals surface area (Å²) in [5.41, 5.74) is -0.289. The number of nitriles is 1. The molecule has 2 atom stereocenters. The Bertz CT molecular complexity index is 257. The van der Waals surface area contributed by atoms with E-state index in [4.69, 9.17) is 0 Å². The van der Waals surface area contributed by atoms with Gasteiger partial charge in [0, 0.05) is 11.3 Å². The normalized spacial score (nSPS) is 20.6. The van der Waals surface area contributed by atoms with Gasteiger partial charge in [-0.3, -0.25) is 5.32 Å². The summed E-state index contributed by atoms with van der Waals surface area (Å²) in [5.74, 6) is 1.24. The molecule has 1 rings (SSSR count). The molecule has 1 N–H and O–H groups in total. The molecule has 0 heterocycles. The van der Waals surface area contributed by atoms with Crippen LogP contribution in [0.5, 0.6) is 0 Å². The predicted octanol–water partition coefficient (Wildman–Crippen LogP) is 3.72. The Morgan fingerprint density at radius 3 is 2.71 bits per heavy atom. The van der Waals surface area contributed by atoms with E-state index in [9.17, 15) is 5.26 Å². The van der Waals surface area contributed by atoms with Crippen LogP contribution in [0.1, 0.15) is 59.3 Å². The van der Waals surface area contributed by atoms with Crippen LogP contribution in [0.3, 0.4) is 0 Å². The number of thioether (sulfide) groups is 1. The van der Waals surface area contributed by atoms with Crippen LogP contribution in [-0.4, -0.2) is 22.6 Å².